The van der Waals surface area contributed by atoms with Crippen molar-refractivity contribution < 1.29 is 14.8 Å². The standard InChI is InChI=1S/C14H11BrN4O4/c15-12-7-11(19(22)23)6-9(13(12)20)8-16-18-14(21)17-10-4-2-1-3-5-10/h1-8,20H,(H2,17,18,21)/b16-8+. The number of anilines is 1. The second-order valence-corrected chi connectivity index (χ2v) is 5.17. The third-order valence-corrected chi connectivity index (χ3v) is 3.29. The number of urea groups is 1. The molecule has 2 rings (SSSR count). The van der Waals surface area contributed by atoms with Crippen LogP contribution in [0.3, 0.4) is 0 Å². The summed E-state index contributed by atoms with van der Waals surface area (Å²) in [5.74, 6) is -0.218. The molecule has 0 heterocycles. The zero-order valence-electron chi connectivity index (χ0n) is 11.6. The van der Waals surface area contributed by atoms with E-state index in [1.807, 2.05) is 6.07 Å². The molecule has 0 saturated carbocycles. The number of hydrazone groups is 1. The van der Waals surface area contributed by atoms with Crippen molar-refractivity contribution in [2.45, 2.75) is 0 Å². The summed E-state index contributed by atoms with van der Waals surface area (Å²) < 4.78 is 0.155. The smallest absolute Gasteiger partial charge is 0.339 e. The Kier molecular flexibility index (Phi) is 5.26. The van der Waals surface area contributed by atoms with Gasteiger partial charge in [-0.2, -0.15) is 5.10 Å². The molecular formula is C14H11BrN4O4. The first-order valence-electron chi connectivity index (χ1n) is 6.29. The lowest BCUT2D eigenvalue weighted by atomic mass is 10.2. The fourth-order valence-corrected chi connectivity index (χ4v) is 2.11. The molecule has 0 aliphatic carbocycles. The van der Waals surface area contributed by atoms with Crippen LogP contribution in [0.4, 0.5) is 16.2 Å². The zero-order chi connectivity index (χ0) is 16.8. The first-order chi connectivity index (χ1) is 11.0. The lowest BCUT2D eigenvalue weighted by molar-refractivity contribution is -0.385. The number of benzene rings is 2. The van der Waals surface area contributed by atoms with Crippen LogP contribution in [0.5, 0.6) is 5.75 Å². The van der Waals surface area contributed by atoms with E-state index in [-0.39, 0.29) is 21.5 Å². The first kappa shape index (κ1) is 16.4. The summed E-state index contributed by atoms with van der Waals surface area (Å²) in [6, 6.07) is 10.5. The van der Waals surface area contributed by atoms with Gasteiger partial charge in [-0.15, -0.1) is 0 Å². The molecule has 8 nitrogen and oxygen atoms in total. The number of nitro groups is 1. The highest BCUT2D eigenvalue weighted by molar-refractivity contribution is 9.10. The van der Waals surface area contributed by atoms with Gasteiger partial charge in [0.25, 0.3) is 5.69 Å². The molecule has 0 aliphatic rings. The number of non-ortho nitro benzene ring substituents is 1. The normalized spacial score (nSPS) is 10.5. The number of aromatic hydroxyl groups is 1. The minimum Gasteiger partial charge on any atom is -0.506 e. The summed E-state index contributed by atoms with van der Waals surface area (Å²) >= 11 is 3.01. The maximum Gasteiger partial charge on any atom is 0.339 e. The Labute approximate surface area is 139 Å². The molecule has 0 bridgehead atoms. The van der Waals surface area contributed by atoms with Crippen molar-refractivity contribution in [1.82, 2.24) is 5.43 Å². The Morgan fingerprint density at radius 2 is 2.00 bits per heavy atom. The summed E-state index contributed by atoms with van der Waals surface area (Å²) in [4.78, 5) is 21.8. The molecule has 0 fully saturated rings. The predicted molar refractivity (Wildman–Crippen MR) is 88.7 cm³/mol. The molecule has 0 unspecified atom stereocenters. The van der Waals surface area contributed by atoms with E-state index < -0.39 is 11.0 Å². The minimum atomic E-state index is -0.600. The number of hydrogen-bond donors (Lipinski definition) is 3. The third kappa shape index (κ3) is 4.51. The van der Waals surface area contributed by atoms with Crippen molar-refractivity contribution in [3.05, 3.63) is 62.6 Å². The summed E-state index contributed by atoms with van der Waals surface area (Å²) in [6.45, 7) is 0. The molecule has 9 heteroatoms. The van der Waals surface area contributed by atoms with E-state index in [1.165, 1.54) is 6.07 Å². The molecule has 2 aromatic carbocycles. The molecule has 0 aliphatic heterocycles. The highest BCUT2D eigenvalue weighted by Crippen LogP contribution is 2.31. The van der Waals surface area contributed by atoms with E-state index in [2.05, 4.69) is 31.8 Å². The molecule has 23 heavy (non-hydrogen) atoms. The van der Waals surface area contributed by atoms with E-state index in [0.29, 0.717) is 5.69 Å². The van der Waals surface area contributed by atoms with Gasteiger partial charge in [0, 0.05) is 23.4 Å². The van der Waals surface area contributed by atoms with E-state index in [1.54, 1.807) is 24.3 Å². The van der Waals surface area contributed by atoms with Crippen LogP contribution in [0, 0.1) is 10.1 Å². The second-order valence-electron chi connectivity index (χ2n) is 4.31. The Morgan fingerprint density at radius 1 is 1.30 bits per heavy atom. The monoisotopic (exact) mass is 378 g/mol. The summed E-state index contributed by atoms with van der Waals surface area (Å²) in [5.41, 5.74) is 2.65. The van der Waals surface area contributed by atoms with Crippen molar-refractivity contribution in [1.29, 1.82) is 0 Å². The number of rotatable bonds is 4. The van der Waals surface area contributed by atoms with E-state index in [4.69, 9.17) is 0 Å². The average molecular weight is 379 g/mol. The Morgan fingerprint density at radius 3 is 2.65 bits per heavy atom. The van der Waals surface area contributed by atoms with Crippen LogP contribution in [0.1, 0.15) is 5.56 Å². The molecule has 0 saturated heterocycles. The predicted octanol–water partition coefficient (Wildman–Crippen LogP) is 3.22. The highest BCUT2D eigenvalue weighted by atomic mass is 79.9. The quantitative estimate of drug-likeness (QED) is 0.430. The fraction of sp³-hybridized carbons (Fsp3) is 0. The average Bonchev–Trinajstić information content (AvgIpc) is 2.52. The number of phenols is 1. The number of nitrogens with zero attached hydrogens (tertiary/aromatic N) is 2. The molecule has 0 aromatic heterocycles. The number of hydrogen-bond acceptors (Lipinski definition) is 5. The van der Waals surface area contributed by atoms with Gasteiger partial charge in [-0.1, -0.05) is 18.2 Å². The number of carbonyl (C=O) groups is 1. The van der Waals surface area contributed by atoms with Crippen LogP contribution in [-0.4, -0.2) is 22.3 Å². The van der Waals surface area contributed by atoms with Crippen molar-refractivity contribution in [2.75, 3.05) is 5.32 Å². The summed E-state index contributed by atoms with van der Waals surface area (Å²) in [6.07, 6.45) is 1.11. The van der Waals surface area contributed by atoms with Crippen molar-refractivity contribution in [3.8, 4) is 5.75 Å². The lowest BCUT2D eigenvalue weighted by Gasteiger charge is -2.04. The van der Waals surface area contributed by atoms with Crippen LogP contribution >= 0.6 is 15.9 Å². The number of para-hydroxylation sites is 1. The van der Waals surface area contributed by atoms with Crippen LogP contribution in [0.15, 0.2) is 52.0 Å². The van der Waals surface area contributed by atoms with Crippen molar-refractivity contribution in [3.63, 3.8) is 0 Å². The maximum absolute atomic E-state index is 11.6. The van der Waals surface area contributed by atoms with Gasteiger partial charge in [-0.25, -0.2) is 10.2 Å². The van der Waals surface area contributed by atoms with Crippen molar-refractivity contribution >= 4 is 39.6 Å². The van der Waals surface area contributed by atoms with Gasteiger partial charge >= 0.3 is 6.03 Å². The summed E-state index contributed by atoms with van der Waals surface area (Å²) in [7, 11) is 0. The Hall–Kier alpha value is -2.94. The molecule has 118 valence electrons. The molecule has 3 N–H and O–H groups in total. The zero-order valence-corrected chi connectivity index (χ0v) is 13.1. The van der Waals surface area contributed by atoms with E-state index >= 15 is 0 Å². The number of phenolic OH excluding ortho intramolecular Hbond substituents is 1. The topological polar surface area (TPSA) is 117 Å². The molecule has 2 amide bonds. The molecule has 0 atom stereocenters. The first-order valence-corrected chi connectivity index (χ1v) is 7.08. The summed E-state index contributed by atoms with van der Waals surface area (Å²) in [5, 5.41) is 26.8. The maximum atomic E-state index is 11.6. The largest absolute Gasteiger partial charge is 0.506 e. The Bertz CT molecular complexity index is 765. The van der Waals surface area contributed by atoms with E-state index in [0.717, 1.165) is 12.3 Å². The van der Waals surface area contributed by atoms with Gasteiger partial charge in [0.1, 0.15) is 5.75 Å². The molecule has 0 spiro atoms. The molecule has 2 aromatic rings. The lowest BCUT2D eigenvalue weighted by Crippen LogP contribution is -2.24. The van der Waals surface area contributed by atoms with Gasteiger partial charge in [0.2, 0.25) is 0 Å². The highest BCUT2D eigenvalue weighted by Gasteiger charge is 2.13. The molecule has 0 radical (unpaired) electrons. The minimum absolute atomic E-state index is 0.0890. The van der Waals surface area contributed by atoms with Crippen LogP contribution in [0.2, 0.25) is 0 Å². The van der Waals surface area contributed by atoms with Gasteiger partial charge in [-0.05, 0) is 28.1 Å². The van der Waals surface area contributed by atoms with Gasteiger partial charge in [0.05, 0.1) is 15.6 Å². The van der Waals surface area contributed by atoms with E-state index in [9.17, 15) is 20.0 Å². The number of nitrogens with one attached hydrogen (secondary N) is 2. The number of halogens is 1. The number of amides is 2. The van der Waals surface area contributed by atoms with Crippen LogP contribution in [-0.2, 0) is 0 Å². The third-order valence-electron chi connectivity index (χ3n) is 2.69. The van der Waals surface area contributed by atoms with Crippen LogP contribution in [0.25, 0.3) is 0 Å². The van der Waals surface area contributed by atoms with Gasteiger partial charge < -0.3 is 10.4 Å². The molecular weight excluding hydrogens is 368 g/mol. The second kappa shape index (κ2) is 7.36. The SMILES string of the molecule is O=C(N/N=C/c1cc([N+](=O)[O-])cc(Br)c1O)Nc1ccccc1. The Balaban J connectivity index is 2.05. The fourth-order valence-electron chi connectivity index (χ4n) is 1.65. The van der Waals surface area contributed by atoms with Gasteiger partial charge in [0.15, 0.2) is 0 Å². The van der Waals surface area contributed by atoms with Gasteiger partial charge in [-0.3, -0.25) is 10.1 Å². The van der Waals surface area contributed by atoms with Crippen molar-refractivity contribution in [2.24, 2.45) is 5.10 Å². The number of carbonyl (C=O) groups excluding carboxylic acids is 1. The van der Waals surface area contributed by atoms with Crippen LogP contribution < -0.4 is 10.7 Å². The number of nitro benzene ring substituents is 1.